The molecule has 1 heterocycles. The number of fused-ring (bicyclic) bond motifs is 6. The molecule has 28 heavy (non-hydrogen) atoms. The first kappa shape index (κ1) is 16.9. The topological polar surface area (TPSA) is 16.8 Å². The molecule has 0 radical (unpaired) electrons. The minimum Gasteiger partial charge on any atom is -0.234 e. The minimum atomic E-state index is 1.00. The van der Waals surface area contributed by atoms with Gasteiger partial charge in [-0.05, 0) is 42.7 Å². The normalized spacial score (nSPS) is 11.6. The molecule has 0 saturated carbocycles. The molecular weight excluding hydrogens is 340 g/mol. The van der Waals surface area contributed by atoms with Gasteiger partial charge in [0.1, 0.15) is 18.3 Å². The summed E-state index contributed by atoms with van der Waals surface area (Å²) in [4.78, 5) is 5.19. The Hall–Kier alpha value is -3.26. The van der Waals surface area contributed by atoms with Crippen molar-refractivity contribution in [2.45, 2.75) is 20.8 Å². The summed E-state index contributed by atoms with van der Waals surface area (Å²) in [5.41, 5.74) is 8.29. The van der Waals surface area contributed by atoms with Crippen LogP contribution >= 0.6 is 0 Å². The average molecular weight is 363 g/mol. The Morgan fingerprint density at radius 3 is 2.32 bits per heavy atom. The van der Waals surface area contributed by atoms with Crippen LogP contribution in [0.5, 0.6) is 0 Å². The predicted molar refractivity (Wildman–Crippen MR) is 118 cm³/mol. The van der Waals surface area contributed by atoms with E-state index in [1.807, 2.05) is 6.07 Å². The van der Waals surface area contributed by atoms with Crippen molar-refractivity contribution in [1.29, 1.82) is 0 Å². The molecule has 0 N–H and O–H groups in total. The number of hydrogen-bond donors (Lipinski definition) is 0. The van der Waals surface area contributed by atoms with Crippen molar-refractivity contribution in [1.82, 2.24) is 4.98 Å². The average Bonchev–Trinajstić information content (AvgIpc) is 2.68. The van der Waals surface area contributed by atoms with E-state index in [0.29, 0.717) is 0 Å². The second kappa shape index (κ2) is 6.13. The number of benzene rings is 4. The first-order valence-electron chi connectivity index (χ1n) is 9.72. The minimum absolute atomic E-state index is 1.00. The molecule has 2 heteroatoms. The lowest BCUT2D eigenvalue weighted by Gasteiger charge is -2.13. The van der Waals surface area contributed by atoms with E-state index in [-0.39, 0.29) is 0 Å². The zero-order valence-corrected chi connectivity index (χ0v) is 16.7. The van der Waals surface area contributed by atoms with Crippen LogP contribution in [-0.4, -0.2) is 4.98 Å². The summed E-state index contributed by atoms with van der Waals surface area (Å²) >= 11 is 0. The lowest BCUT2D eigenvalue weighted by atomic mass is 9.93. The molecule has 0 fully saturated rings. The van der Waals surface area contributed by atoms with Gasteiger partial charge in [0.15, 0.2) is 6.20 Å². The third-order valence-electron chi connectivity index (χ3n) is 5.71. The van der Waals surface area contributed by atoms with Crippen LogP contribution < -0.4 is 4.57 Å². The largest absolute Gasteiger partial charge is 0.239 e. The summed E-state index contributed by atoms with van der Waals surface area (Å²) in [7, 11) is 2.14. The van der Waals surface area contributed by atoms with E-state index in [9.17, 15) is 0 Å². The Balaban J connectivity index is 2.07. The molecular formula is C26H23N2+. The van der Waals surface area contributed by atoms with Crippen molar-refractivity contribution < 1.29 is 4.57 Å². The fourth-order valence-corrected chi connectivity index (χ4v) is 4.54. The van der Waals surface area contributed by atoms with Crippen LogP contribution in [0.4, 0.5) is 0 Å². The van der Waals surface area contributed by atoms with Crippen LogP contribution in [0.15, 0.2) is 66.9 Å². The highest BCUT2D eigenvalue weighted by atomic mass is 15.0. The second-order valence-corrected chi connectivity index (χ2v) is 7.80. The maximum Gasteiger partial charge on any atom is 0.239 e. The van der Waals surface area contributed by atoms with Crippen molar-refractivity contribution in [2.75, 3.05) is 0 Å². The molecule has 0 atom stereocenters. The number of aryl methyl sites for hydroxylation is 4. The van der Waals surface area contributed by atoms with Crippen LogP contribution in [0.2, 0.25) is 0 Å². The summed E-state index contributed by atoms with van der Waals surface area (Å²) in [5, 5.41) is 5.15. The lowest BCUT2D eigenvalue weighted by Crippen LogP contribution is -2.30. The van der Waals surface area contributed by atoms with Crippen LogP contribution in [-0.2, 0) is 7.05 Å². The third-order valence-corrected chi connectivity index (χ3v) is 5.71. The first-order chi connectivity index (χ1) is 13.5. The SMILES string of the molecule is Cc1cc(C)c2c(c1)c1cccc(C)c1c1nc(-c3ccccc3)c[n+](C)c12. The van der Waals surface area contributed by atoms with Gasteiger partial charge in [-0.15, -0.1) is 0 Å². The van der Waals surface area contributed by atoms with E-state index in [2.05, 4.69) is 93.2 Å². The van der Waals surface area contributed by atoms with E-state index >= 15 is 0 Å². The summed E-state index contributed by atoms with van der Waals surface area (Å²) < 4.78 is 2.25. The summed E-state index contributed by atoms with van der Waals surface area (Å²) in [5.74, 6) is 0. The molecule has 0 aliphatic rings. The Labute approximate surface area is 165 Å². The van der Waals surface area contributed by atoms with Gasteiger partial charge in [0.25, 0.3) is 0 Å². The van der Waals surface area contributed by atoms with Crippen LogP contribution in [0.3, 0.4) is 0 Å². The summed E-state index contributed by atoms with van der Waals surface area (Å²) in [6, 6.07) is 21.6. The molecule has 0 saturated heterocycles. The van der Waals surface area contributed by atoms with Gasteiger partial charge in [0.2, 0.25) is 5.52 Å². The number of hydrogen-bond acceptors (Lipinski definition) is 1. The molecule has 0 aliphatic carbocycles. The van der Waals surface area contributed by atoms with Gasteiger partial charge in [0.05, 0.1) is 5.39 Å². The van der Waals surface area contributed by atoms with E-state index < -0.39 is 0 Å². The molecule has 0 spiro atoms. The zero-order chi connectivity index (χ0) is 19.4. The lowest BCUT2D eigenvalue weighted by molar-refractivity contribution is -0.643. The third kappa shape index (κ3) is 2.41. The number of nitrogens with zero attached hydrogens (tertiary/aromatic N) is 2. The summed E-state index contributed by atoms with van der Waals surface area (Å²) in [6.07, 6.45) is 2.15. The van der Waals surface area contributed by atoms with Crippen LogP contribution in [0.25, 0.3) is 43.8 Å². The van der Waals surface area contributed by atoms with E-state index in [1.165, 1.54) is 43.8 Å². The predicted octanol–water partition coefficient (Wildman–Crippen LogP) is 5.96. The highest BCUT2D eigenvalue weighted by molar-refractivity contribution is 6.24. The molecule has 1 aromatic heterocycles. The maximum absolute atomic E-state index is 5.19. The van der Waals surface area contributed by atoms with Crippen LogP contribution in [0.1, 0.15) is 16.7 Å². The zero-order valence-electron chi connectivity index (χ0n) is 16.7. The van der Waals surface area contributed by atoms with Gasteiger partial charge in [-0.2, -0.15) is 4.57 Å². The van der Waals surface area contributed by atoms with E-state index in [4.69, 9.17) is 4.98 Å². The Kier molecular flexibility index (Phi) is 3.70. The van der Waals surface area contributed by atoms with Gasteiger partial charge in [-0.1, -0.05) is 66.2 Å². The maximum atomic E-state index is 5.19. The fourth-order valence-electron chi connectivity index (χ4n) is 4.54. The van der Waals surface area contributed by atoms with E-state index in [1.54, 1.807) is 0 Å². The Morgan fingerprint density at radius 1 is 0.750 bits per heavy atom. The van der Waals surface area contributed by atoms with Gasteiger partial charge >= 0.3 is 0 Å². The van der Waals surface area contributed by atoms with Gasteiger partial charge in [-0.3, -0.25) is 0 Å². The van der Waals surface area contributed by atoms with Gasteiger partial charge in [-0.25, -0.2) is 4.98 Å². The Bertz CT molecular complexity index is 1380. The molecule has 0 aliphatic heterocycles. The number of rotatable bonds is 1. The first-order valence-corrected chi connectivity index (χ1v) is 9.72. The molecule has 136 valence electrons. The Morgan fingerprint density at radius 2 is 1.54 bits per heavy atom. The molecule has 0 unspecified atom stereocenters. The summed E-state index contributed by atoms with van der Waals surface area (Å²) in [6.45, 7) is 6.57. The monoisotopic (exact) mass is 363 g/mol. The van der Waals surface area contributed by atoms with Crippen molar-refractivity contribution in [3.05, 3.63) is 83.6 Å². The molecule has 5 rings (SSSR count). The standard InChI is InChI=1S/C26H23N2/c1-16-13-18(3)24-21(14-16)20-12-8-9-17(2)23(20)25-26(24)28(4)15-22(27-25)19-10-6-5-7-11-19/h5-15H,1-4H3/q+1. The van der Waals surface area contributed by atoms with Crippen molar-refractivity contribution in [2.24, 2.45) is 7.05 Å². The molecule has 4 aromatic carbocycles. The van der Waals surface area contributed by atoms with E-state index in [0.717, 1.165) is 16.8 Å². The van der Waals surface area contributed by atoms with Crippen molar-refractivity contribution in [3.63, 3.8) is 0 Å². The smallest absolute Gasteiger partial charge is 0.234 e. The quantitative estimate of drug-likeness (QED) is 0.265. The van der Waals surface area contributed by atoms with Crippen LogP contribution in [0, 0.1) is 20.8 Å². The molecule has 2 nitrogen and oxygen atoms in total. The highest BCUT2D eigenvalue weighted by Gasteiger charge is 2.21. The molecule has 0 amide bonds. The fraction of sp³-hybridized carbons (Fsp3) is 0.154. The van der Waals surface area contributed by atoms with Crippen molar-refractivity contribution >= 4 is 32.6 Å². The molecule has 0 bridgehead atoms. The highest BCUT2D eigenvalue weighted by Crippen LogP contribution is 2.37. The van der Waals surface area contributed by atoms with Gasteiger partial charge < -0.3 is 0 Å². The second-order valence-electron chi connectivity index (χ2n) is 7.80. The molecule has 5 aromatic rings. The number of aromatic nitrogens is 2. The van der Waals surface area contributed by atoms with Gasteiger partial charge in [0, 0.05) is 10.9 Å². The van der Waals surface area contributed by atoms with Crippen molar-refractivity contribution in [3.8, 4) is 11.3 Å².